The maximum atomic E-state index is 13.3. The van der Waals surface area contributed by atoms with Gasteiger partial charge >= 0.3 is 0 Å². The van der Waals surface area contributed by atoms with Crippen molar-refractivity contribution in [2.75, 3.05) is 18.9 Å². The third kappa shape index (κ3) is 5.21. The number of amides is 1. The number of carbonyl (C=O) groups excluding carboxylic acids is 1. The highest BCUT2D eigenvalue weighted by atomic mass is 35.5. The van der Waals surface area contributed by atoms with Gasteiger partial charge in [-0.05, 0) is 36.4 Å². The van der Waals surface area contributed by atoms with Crippen LogP contribution in [0, 0.1) is 5.82 Å². The zero-order valence-electron chi connectivity index (χ0n) is 12.5. The van der Waals surface area contributed by atoms with E-state index in [9.17, 15) is 17.6 Å². The van der Waals surface area contributed by atoms with Crippen LogP contribution >= 0.6 is 11.6 Å². The minimum atomic E-state index is -3.74. The second-order valence-electron chi connectivity index (χ2n) is 4.84. The van der Waals surface area contributed by atoms with E-state index in [4.69, 9.17) is 16.3 Å². The molecule has 0 aliphatic carbocycles. The predicted molar refractivity (Wildman–Crippen MR) is 88.4 cm³/mol. The van der Waals surface area contributed by atoms with E-state index in [1.54, 1.807) is 6.07 Å². The molecule has 0 heterocycles. The van der Waals surface area contributed by atoms with Gasteiger partial charge in [0.25, 0.3) is 0 Å². The van der Waals surface area contributed by atoms with Crippen LogP contribution in [0.3, 0.4) is 0 Å². The standard InChI is InChI=1S/C16H15ClFNO4S/c17-12-5-7-13(8-6-12)24(21,22)11-16(20)19-9-10-23-15-4-2-1-3-14(15)18/h1-8H,9-11H2,(H,19,20). The van der Waals surface area contributed by atoms with Crippen molar-refractivity contribution >= 4 is 27.3 Å². The molecular weight excluding hydrogens is 357 g/mol. The summed E-state index contributed by atoms with van der Waals surface area (Å²) in [5.41, 5.74) is 0. The van der Waals surface area contributed by atoms with Crippen LogP contribution in [-0.2, 0) is 14.6 Å². The Morgan fingerprint density at radius 1 is 1.12 bits per heavy atom. The number of nitrogens with one attached hydrogen (secondary N) is 1. The first-order chi connectivity index (χ1) is 11.4. The van der Waals surface area contributed by atoms with Crippen molar-refractivity contribution < 1.29 is 22.3 Å². The first-order valence-corrected chi connectivity index (χ1v) is 9.04. The Morgan fingerprint density at radius 2 is 1.79 bits per heavy atom. The summed E-state index contributed by atoms with van der Waals surface area (Å²) in [4.78, 5) is 11.7. The molecule has 0 aliphatic rings. The normalized spacial score (nSPS) is 11.1. The van der Waals surface area contributed by atoms with Gasteiger partial charge in [-0.15, -0.1) is 0 Å². The van der Waals surface area contributed by atoms with Gasteiger partial charge < -0.3 is 10.1 Å². The maximum absolute atomic E-state index is 13.3. The molecule has 0 bridgehead atoms. The smallest absolute Gasteiger partial charge is 0.235 e. The number of hydrogen-bond donors (Lipinski definition) is 1. The van der Waals surface area contributed by atoms with Crippen molar-refractivity contribution in [1.82, 2.24) is 5.32 Å². The molecule has 1 N–H and O–H groups in total. The Hall–Kier alpha value is -2.12. The molecule has 0 unspecified atom stereocenters. The first kappa shape index (κ1) is 18.2. The summed E-state index contributed by atoms with van der Waals surface area (Å²) in [6, 6.07) is 11.4. The van der Waals surface area contributed by atoms with Crippen LogP contribution in [0.2, 0.25) is 5.02 Å². The fourth-order valence-electron chi connectivity index (χ4n) is 1.86. The molecule has 0 saturated heterocycles. The number of carbonyl (C=O) groups is 1. The van der Waals surface area contributed by atoms with Gasteiger partial charge in [-0.2, -0.15) is 0 Å². The van der Waals surface area contributed by atoms with E-state index in [0.717, 1.165) is 0 Å². The van der Waals surface area contributed by atoms with Crippen molar-refractivity contribution in [1.29, 1.82) is 0 Å². The largest absolute Gasteiger partial charge is 0.489 e. The molecule has 24 heavy (non-hydrogen) atoms. The van der Waals surface area contributed by atoms with Crippen molar-refractivity contribution in [3.63, 3.8) is 0 Å². The van der Waals surface area contributed by atoms with Gasteiger partial charge in [-0.1, -0.05) is 23.7 Å². The van der Waals surface area contributed by atoms with Gasteiger partial charge in [-0.3, -0.25) is 4.79 Å². The molecule has 1 amide bonds. The molecule has 2 aromatic carbocycles. The number of para-hydroxylation sites is 1. The van der Waals surface area contributed by atoms with Crippen LogP contribution in [-0.4, -0.2) is 33.2 Å². The molecule has 8 heteroatoms. The van der Waals surface area contributed by atoms with E-state index in [1.165, 1.54) is 42.5 Å². The Balaban J connectivity index is 1.81. The molecule has 0 aliphatic heterocycles. The molecule has 2 rings (SSSR count). The molecular formula is C16H15ClFNO4S. The van der Waals surface area contributed by atoms with E-state index in [2.05, 4.69) is 5.32 Å². The summed E-state index contributed by atoms with van der Waals surface area (Å²) in [7, 11) is -3.74. The lowest BCUT2D eigenvalue weighted by Crippen LogP contribution is -2.33. The average molecular weight is 372 g/mol. The molecule has 0 atom stereocenters. The molecule has 0 fully saturated rings. The van der Waals surface area contributed by atoms with Crippen LogP contribution in [0.1, 0.15) is 0 Å². The average Bonchev–Trinajstić information content (AvgIpc) is 2.53. The van der Waals surface area contributed by atoms with Gasteiger partial charge in [0.15, 0.2) is 21.4 Å². The molecule has 0 saturated carbocycles. The zero-order chi connectivity index (χ0) is 17.6. The lowest BCUT2D eigenvalue weighted by Gasteiger charge is -2.09. The number of hydrogen-bond acceptors (Lipinski definition) is 4. The van der Waals surface area contributed by atoms with Crippen molar-refractivity contribution in [3.05, 3.63) is 59.4 Å². The number of halogens is 2. The topological polar surface area (TPSA) is 72.5 Å². The van der Waals surface area contributed by atoms with E-state index in [1.807, 2.05) is 0 Å². The highest BCUT2D eigenvalue weighted by Gasteiger charge is 2.19. The quantitative estimate of drug-likeness (QED) is 0.759. The Morgan fingerprint density at radius 3 is 2.46 bits per heavy atom. The van der Waals surface area contributed by atoms with Crippen molar-refractivity contribution in [2.45, 2.75) is 4.90 Å². The Bertz CT molecular complexity index is 809. The number of benzene rings is 2. The van der Waals surface area contributed by atoms with Gasteiger partial charge in [-0.25, -0.2) is 12.8 Å². The second-order valence-corrected chi connectivity index (χ2v) is 7.27. The number of rotatable bonds is 7. The maximum Gasteiger partial charge on any atom is 0.235 e. The van der Waals surface area contributed by atoms with E-state index in [0.29, 0.717) is 5.02 Å². The molecule has 0 aromatic heterocycles. The minimum absolute atomic E-state index is 0.0182. The Kier molecular flexibility index (Phi) is 6.16. The summed E-state index contributed by atoms with van der Waals surface area (Å²) in [5.74, 6) is -1.79. The fraction of sp³-hybridized carbons (Fsp3) is 0.188. The van der Waals surface area contributed by atoms with Crippen LogP contribution in [0.4, 0.5) is 4.39 Å². The van der Waals surface area contributed by atoms with Crippen LogP contribution in [0.5, 0.6) is 5.75 Å². The van der Waals surface area contributed by atoms with Gasteiger partial charge in [0.2, 0.25) is 5.91 Å². The summed E-state index contributed by atoms with van der Waals surface area (Å²) in [5, 5.41) is 2.82. The van der Waals surface area contributed by atoms with Gasteiger partial charge in [0.1, 0.15) is 12.4 Å². The third-order valence-electron chi connectivity index (χ3n) is 3.01. The van der Waals surface area contributed by atoms with Gasteiger partial charge in [0.05, 0.1) is 11.4 Å². The molecule has 2 aromatic rings. The number of ether oxygens (including phenoxy) is 1. The van der Waals surface area contributed by atoms with Gasteiger partial charge in [0, 0.05) is 5.02 Å². The number of sulfone groups is 1. The minimum Gasteiger partial charge on any atom is -0.489 e. The molecule has 0 spiro atoms. The first-order valence-electron chi connectivity index (χ1n) is 7.01. The summed E-state index contributed by atoms with van der Waals surface area (Å²) < 4.78 is 42.6. The SMILES string of the molecule is O=C(CS(=O)(=O)c1ccc(Cl)cc1)NCCOc1ccccc1F. The second kappa shape index (κ2) is 8.12. The van der Waals surface area contributed by atoms with E-state index < -0.39 is 27.3 Å². The lowest BCUT2D eigenvalue weighted by atomic mass is 10.3. The van der Waals surface area contributed by atoms with Crippen LogP contribution in [0.25, 0.3) is 0 Å². The van der Waals surface area contributed by atoms with Crippen LogP contribution < -0.4 is 10.1 Å². The molecule has 128 valence electrons. The van der Waals surface area contributed by atoms with E-state index in [-0.39, 0.29) is 23.8 Å². The van der Waals surface area contributed by atoms with Crippen LogP contribution in [0.15, 0.2) is 53.4 Å². The summed E-state index contributed by atoms with van der Waals surface area (Å²) in [6.45, 7) is 0.0803. The molecule has 0 radical (unpaired) electrons. The lowest BCUT2D eigenvalue weighted by molar-refractivity contribution is -0.118. The summed E-state index contributed by atoms with van der Waals surface area (Å²) >= 11 is 5.70. The van der Waals surface area contributed by atoms with Crippen molar-refractivity contribution in [3.8, 4) is 5.75 Å². The zero-order valence-corrected chi connectivity index (χ0v) is 14.1. The summed E-state index contributed by atoms with van der Waals surface area (Å²) in [6.07, 6.45) is 0. The van der Waals surface area contributed by atoms with E-state index >= 15 is 0 Å². The highest BCUT2D eigenvalue weighted by molar-refractivity contribution is 7.92. The molecule has 5 nitrogen and oxygen atoms in total. The van der Waals surface area contributed by atoms with Crippen molar-refractivity contribution in [2.24, 2.45) is 0 Å². The monoisotopic (exact) mass is 371 g/mol. The predicted octanol–water partition coefficient (Wildman–Crippen LogP) is 2.45. The Labute approximate surface area is 144 Å². The fourth-order valence-corrected chi connectivity index (χ4v) is 3.15. The highest BCUT2D eigenvalue weighted by Crippen LogP contribution is 2.16. The third-order valence-corrected chi connectivity index (χ3v) is 4.90.